The van der Waals surface area contributed by atoms with E-state index in [-0.39, 0.29) is 5.91 Å². The average molecular weight is 338 g/mol. The molecule has 0 aliphatic carbocycles. The second-order valence-electron chi connectivity index (χ2n) is 7.36. The molecular weight excluding hydrogens is 312 g/mol. The number of hydrogen-bond donors (Lipinski definition) is 1. The van der Waals surface area contributed by atoms with Gasteiger partial charge in [0, 0.05) is 36.6 Å². The maximum absolute atomic E-state index is 12.8. The van der Waals surface area contributed by atoms with Gasteiger partial charge in [0.2, 0.25) is 5.91 Å². The smallest absolute Gasteiger partial charge is 0.236 e. The summed E-state index contributed by atoms with van der Waals surface area (Å²) in [6, 6.07) is 8.16. The minimum Gasteiger partial charge on any atom is -0.325 e. The summed E-state index contributed by atoms with van der Waals surface area (Å²) < 4.78 is 2.07. The molecule has 0 saturated carbocycles. The van der Waals surface area contributed by atoms with Crippen molar-refractivity contribution in [3.05, 3.63) is 46.8 Å². The summed E-state index contributed by atoms with van der Waals surface area (Å²) in [5.74, 6) is 0.163. The zero-order chi connectivity index (χ0) is 17.6. The first-order chi connectivity index (χ1) is 12.0. The molecule has 1 saturated heterocycles. The first kappa shape index (κ1) is 16.3. The molecule has 1 aromatic carbocycles. The number of amides is 1. The molecule has 1 N–H and O–H groups in total. The van der Waals surface area contributed by atoms with E-state index in [0.717, 1.165) is 50.4 Å². The predicted octanol–water partition coefficient (Wildman–Crippen LogP) is 3.01. The van der Waals surface area contributed by atoms with Gasteiger partial charge in [-0.3, -0.25) is 14.4 Å². The molecule has 1 spiro atoms. The van der Waals surface area contributed by atoms with Crippen LogP contribution in [-0.4, -0.2) is 33.7 Å². The lowest BCUT2D eigenvalue weighted by Crippen LogP contribution is -2.49. The number of anilines is 1. The Morgan fingerprint density at radius 1 is 1.28 bits per heavy atom. The molecule has 1 atom stereocenters. The van der Waals surface area contributed by atoms with Crippen molar-refractivity contribution in [2.24, 2.45) is 0 Å². The van der Waals surface area contributed by atoms with E-state index in [1.54, 1.807) is 0 Å². The van der Waals surface area contributed by atoms with E-state index in [2.05, 4.69) is 46.8 Å². The lowest BCUT2D eigenvalue weighted by atomic mass is 9.75. The predicted molar refractivity (Wildman–Crippen MR) is 98.6 cm³/mol. The van der Waals surface area contributed by atoms with Crippen LogP contribution in [0.15, 0.2) is 24.3 Å². The first-order valence-corrected chi connectivity index (χ1v) is 9.21. The molecule has 1 aromatic heterocycles. The summed E-state index contributed by atoms with van der Waals surface area (Å²) in [4.78, 5) is 15.3. The number of nitrogens with one attached hydrogen (secondary N) is 1. The standard InChI is InChI=1S/C20H26N4O/c1-4-24-15(3)16(14(2)22-24)12-23-11-7-10-20(13-23)17-8-5-6-9-18(17)21-19(20)25/h5-6,8-9H,4,7,10-13H2,1-3H3,(H,21,25)/t20-/m0/s1. The van der Waals surface area contributed by atoms with Crippen molar-refractivity contribution in [2.75, 3.05) is 18.4 Å². The summed E-state index contributed by atoms with van der Waals surface area (Å²) in [5.41, 5.74) is 5.43. The van der Waals surface area contributed by atoms with Gasteiger partial charge in [-0.25, -0.2) is 0 Å². The number of carbonyl (C=O) groups is 1. The fourth-order valence-electron chi connectivity index (χ4n) is 4.55. The average Bonchev–Trinajstić information content (AvgIpc) is 3.04. The highest BCUT2D eigenvalue weighted by atomic mass is 16.2. The van der Waals surface area contributed by atoms with Crippen molar-refractivity contribution in [3.63, 3.8) is 0 Å². The van der Waals surface area contributed by atoms with Crippen LogP contribution in [0.5, 0.6) is 0 Å². The highest BCUT2D eigenvalue weighted by Crippen LogP contribution is 2.43. The third kappa shape index (κ3) is 2.49. The number of fused-ring (bicyclic) bond motifs is 2. The van der Waals surface area contributed by atoms with Crippen molar-refractivity contribution < 1.29 is 4.79 Å². The molecule has 25 heavy (non-hydrogen) atoms. The number of nitrogens with zero attached hydrogens (tertiary/aromatic N) is 3. The molecule has 0 unspecified atom stereocenters. The Morgan fingerprint density at radius 2 is 2.08 bits per heavy atom. The Balaban J connectivity index is 1.62. The van der Waals surface area contributed by atoms with Crippen molar-refractivity contribution in [1.82, 2.24) is 14.7 Å². The largest absolute Gasteiger partial charge is 0.325 e. The monoisotopic (exact) mass is 338 g/mol. The van der Waals surface area contributed by atoms with Gasteiger partial charge in [-0.15, -0.1) is 0 Å². The Bertz CT molecular complexity index is 825. The molecule has 1 fully saturated rings. The minimum absolute atomic E-state index is 0.163. The molecular formula is C20H26N4O. The van der Waals surface area contributed by atoms with Crippen LogP contribution in [0, 0.1) is 13.8 Å². The van der Waals surface area contributed by atoms with E-state index < -0.39 is 5.41 Å². The fourth-order valence-corrected chi connectivity index (χ4v) is 4.55. The second kappa shape index (κ2) is 5.99. The van der Waals surface area contributed by atoms with Crippen LogP contribution in [0.25, 0.3) is 0 Å². The van der Waals surface area contributed by atoms with Crippen molar-refractivity contribution in [2.45, 2.75) is 52.1 Å². The third-order valence-corrected chi connectivity index (χ3v) is 5.91. The van der Waals surface area contributed by atoms with Crippen LogP contribution in [0.1, 0.15) is 42.3 Å². The molecule has 0 bridgehead atoms. The summed E-state index contributed by atoms with van der Waals surface area (Å²) in [7, 11) is 0. The Hall–Kier alpha value is -2.14. The minimum atomic E-state index is -0.391. The number of para-hydroxylation sites is 1. The van der Waals surface area contributed by atoms with Gasteiger partial charge in [0.15, 0.2) is 0 Å². The summed E-state index contributed by atoms with van der Waals surface area (Å²) in [6.45, 7) is 9.95. The maximum atomic E-state index is 12.8. The van der Waals surface area contributed by atoms with Gasteiger partial charge in [0.25, 0.3) is 0 Å². The number of benzene rings is 1. The summed E-state index contributed by atoms with van der Waals surface area (Å²) in [5, 5.41) is 7.74. The Kier molecular flexibility index (Phi) is 3.91. The van der Waals surface area contributed by atoms with Gasteiger partial charge in [-0.2, -0.15) is 5.10 Å². The van der Waals surface area contributed by atoms with Gasteiger partial charge < -0.3 is 5.32 Å². The molecule has 5 heteroatoms. The lowest BCUT2D eigenvalue weighted by Gasteiger charge is -2.39. The highest BCUT2D eigenvalue weighted by Gasteiger charge is 2.48. The van der Waals surface area contributed by atoms with E-state index in [0.29, 0.717) is 0 Å². The first-order valence-electron chi connectivity index (χ1n) is 9.21. The van der Waals surface area contributed by atoms with E-state index in [9.17, 15) is 4.79 Å². The van der Waals surface area contributed by atoms with Crippen molar-refractivity contribution in [1.29, 1.82) is 0 Å². The van der Waals surface area contributed by atoms with Crippen LogP contribution in [0.3, 0.4) is 0 Å². The zero-order valence-corrected chi connectivity index (χ0v) is 15.3. The number of aryl methyl sites for hydroxylation is 2. The van der Waals surface area contributed by atoms with Crippen LogP contribution in [-0.2, 0) is 23.3 Å². The molecule has 4 rings (SSSR count). The molecule has 2 aromatic rings. The second-order valence-corrected chi connectivity index (χ2v) is 7.36. The quantitative estimate of drug-likeness (QED) is 0.936. The highest BCUT2D eigenvalue weighted by molar-refractivity contribution is 6.06. The van der Waals surface area contributed by atoms with E-state index in [4.69, 9.17) is 0 Å². The Labute approximate surface area is 149 Å². The zero-order valence-electron chi connectivity index (χ0n) is 15.3. The number of rotatable bonds is 3. The van der Waals surface area contributed by atoms with E-state index in [1.807, 2.05) is 18.2 Å². The number of likely N-dealkylation sites (tertiary alicyclic amines) is 1. The van der Waals surface area contributed by atoms with Crippen LogP contribution in [0.4, 0.5) is 5.69 Å². The van der Waals surface area contributed by atoms with E-state index >= 15 is 0 Å². The molecule has 0 radical (unpaired) electrons. The van der Waals surface area contributed by atoms with Crippen LogP contribution >= 0.6 is 0 Å². The number of carbonyl (C=O) groups excluding carboxylic acids is 1. The normalized spacial score (nSPS) is 23.1. The molecule has 1 amide bonds. The van der Waals surface area contributed by atoms with Gasteiger partial charge in [0.05, 0.1) is 11.1 Å². The summed E-state index contributed by atoms with van der Waals surface area (Å²) in [6.07, 6.45) is 1.97. The van der Waals surface area contributed by atoms with Gasteiger partial charge in [-0.05, 0) is 51.8 Å². The SMILES string of the molecule is CCn1nc(C)c(CN2CCC[C@@]3(C2)C(=O)Nc2ccccc23)c1C. The number of hydrogen-bond acceptors (Lipinski definition) is 3. The molecule has 3 heterocycles. The van der Waals surface area contributed by atoms with Gasteiger partial charge in [-0.1, -0.05) is 18.2 Å². The summed E-state index contributed by atoms with van der Waals surface area (Å²) >= 11 is 0. The molecule has 132 valence electrons. The van der Waals surface area contributed by atoms with Crippen molar-refractivity contribution >= 4 is 11.6 Å². The lowest BCUT2D eigenvalue weighted by molar-refractivity contribution is -0.122. The third-order valence-electron chi connectivity index (χ3n) is 5.91. The van der Waals surface area contributed by atoms with Crippen LogP contribution in [0.2, 0.25) is 0 Å². The topological polar surface area (TPSA) is 50.2 Å². The number of piperidine rings is 1. The maximum Gasteiger partial charge on any atom is 0.236 e. The van der Waals surface area contributed by atoms with Gasteiger partial charge >= 0.3 is 0 Å². The van der Waals surface area contributed by atoms with E-state index in [1.165, 1.54) is 16.8 Å². The molecule has 2 aliphatic heterocycles. The van der Waals surface area contributed by atoms with Crippen molar-refractivity contribution in [3.8, 4) is 0 Å². The molecule has 5 nitrogen and oxygen atoms in total. The Morgan fingerprint density at radius 3 is 2.84 bits per heavy atom. The number of aromatic nitrogens is 2. The molecule has 2 aliphatic rings. The van der Waals surface area contributed by atoms with Gasteiger partial charge in [0.1, 0.15) is 0 Å². The fraction of sp³-hybridized carbons (Fsp3) is 0.500. The van der Waals surface area contributed by atoms with Crippen LogP contribution < -0.4 is 5.32 Å².